The molecule has 3 rings (SSSR count). The fourth-order valence-electron chi connectivity index (χ4n) is 3.26. The van der Waals surface area contributed by atoms with E-state index >= 15 is 0 Å². The third-order valence-corrected chi connectivity index (χ3v) is 6.58. The molecule has 8 heteroatoms. The number of methoxy groups -OCH3 is 3. The molecule has 0 unspecified atom stereocenters. The molecule has 6 nitrogen and oxygen atoms in total. The van der Waals surface area contributed by atoms with Gasteiger partial charge in [0.25, 0.3) is 0 Å². The van der Waals surface area contributed by atoms with E-state index in [1.54, 1.807) is 12.1 Å². The lowest BCUT2D eigenvalue weighted by Gasteiger charge is -2.15. The highest BCUT2D eigenvalue weighted by Gasteiger charge is 2.27. The molecule has 31 heavy (non-hydrogen) atoms. The molecule has 0 heterocycles. The lowest BCUT2D eigenvalue weighted by atomic mass is 10.0. The van der Waals surface area contributed by atoms with Crippen LogP contribution >= 0.6 is 11.6 Å². The van der Waals surface area contributed by atoms with Gasteiger partial charge in [-0.1, -0.05) is 48.0 Å². The van der Waals surface area contributed by atoms with Gasteiger partial charge in [0.15, 0.2) is 15.6 Å². The summed E-state index contributed by atoms with van der Waals surface area (Å²) < 4.78 is 42.1. The topological polar surface area (TPSA) is 78.9 Å². The molecule has 162 valence electrons. The molecule has 0 atom stereocenters. The number of ether oxygens (including phenoxy) is 3. The van der Waals surface area contributed by atoms with Crippen molar-refractivity contribution in [1.82, 2.24) is 0 Å². The normalized spacial score (nSPS) is 11.1. The minimum absolute atomic E-state index is 0.0684. The van der Waals surface area contributed by atoms with E-state index < -0.39 is 15.8 Å². The Kier molecular flexibility index (Phi) is 6.87. The van der Waals surface area contributed by atoms with E-state index in [0.29, 0.717) is 11.3 Å². The Bertz CT molecular complexity index is 1210. The van der Waals surface area contributed by atoms with Gasteiger partial charge in [-0.25, -0.2) is 13.2 Å². The monoisotopic (exact) mass is 460 g/mol. The van der Waals surface area contributed by atoms with Crippen LogP contribution in [0.3, 0.4) is 0 Å². The zero-order chi connectivity index (χ0) is 22.6. The zero-order valence-electron chi connectivity index (χ0n) is 17.2. The fourth-order valence-corrected chi connectivity index (χ4v) is 5.11. The van der Waals surface area contributed by atoms with Gasteiger partial charge in [0.1, 0.15) is 16.2 Å². The number of carbonyl (C=O) groups excluding carboxylic acids is 1. The third-order valence-electron chi connectivity index (χ3n) is 4.70. The van der Waals surface area contributed by atoms with Crippen LogP contribution in [0.1, 0.15) is 15.9 Å². The summed E-state index contributed by atoms with van der Waals surface area (Å²) >= 11 is 6.10. The lowest BCUT2D eigenvalue weighted by Crippen LogP contribution is -2.12. The SMILES string of the molecule is COC(=O)c1cc(Cl)cc(S(=O)(=O)Cc2cc(-c3ccccc3)ccc2OC)c1OC. The van der Waals surface area contributed by atoms with Crippen molar-refractivity contribution >= 4 is 27.4 Å². The number of carbonyl (C=O) groups is 1. The minimum atomic E-state index is -3.97. The second-order valence-corrected chi connectivity index (χ2v) is 9.02. The van der Waals surface area contributed by atoms with Crippen LogP contribution in [0.5, 0.6) is 11.5 Å². The Morgan fingerprint density at radius 3 is 2.23 bits per heavy atom. The third kappa shape index (κ3) is 4.84. The van der Waals surface area contributed by atoms with Crippen LogP contribution in [0.4, 0.5) is 0 Å². The van der Waals surface area contributed by atoms with Gasteiger partial charge >= 0.3 is 5.97 Å². The molecule has 0 radical (unpaired) electrons. The average molecular weight is 461 g/mol. The van der Waals surface area contributed by atoms with Crippen molar-refractivity contribution in [3.8, 4) is 22.6 Å². The first-order chi connectivity index (χ1) is 14.8. The van der Waals surface area contributed by atoms with E-state index in [1.165, 1.54) is 33.5 Å². The van der Waals surface area contributed by atoms with Gasteiger partial charge in [-0.15, -0.1) is 0 Å². The second-order valence-electron chi connectivity index (χ2n) is 6.63. The summed E-state index contributed by atoms with van der Waals surface area (Å²) in [5.41, 5.74) is 2.18. The van der Waals surface area contributed by atoms with Crippen molar-refractivity contribution in [3.05, 3.63) is 76.8 Å². The van der Waals surface area contributed by atoms with Gasteiger partial charge in [0, 0.05) is 10.6 Å². The molecule has 0 amide bonds. The largest absolute Gasteiger partial charge is 0.496 e. The van der Waals surface area contributed by atoms with Crippen molar-refractivity contribution in [2.24, 2.45) is 0 Å². The first-order valence-corrected chi connectivity index (χ1v) is 11.2. The Balaban J connectivity index is 2.11. The molecule has 0 saturated carbocycles. The van der Waals surface area contributed by atoms with Crippen LogP contribution in [0.2, 0.25) is 5.02 Å². The molecule has 0 aliphatic rings. The quantitative estimate of drug-likeness (QED) is 0.472. The van der Waals surface area contributed by atoms with Gasteiger partial charge in [0.2, 0.25) is 0 Å². The van der Waals surface area contributed by atoms with Crippen LogP contribution in [-0.4, -0.2) is 35.7 Å². The highest BCUT2D eigenvalue weighted by molar-refractivity contribution is 7.90. The Hall–Kier alpha value is -3.03. The Morgan fingerprint density at radius 2 is 1.61 bits per heavy atom. The van der Waals surface area contributed by atoms with Gasteiger partial charge in [-0.2, -0.15) is 0 Å². The van der Waals surface area contributed by atoms with Crippen molar-refractivity contribution in [3.63, 3.8) is 0 Å². The summed E-state index contributed by atoms with van der Waals surface area (Å²) in [7, 11) is -0.0221. The number of rotatable bonds is 7. The Morgan fingerprint density at radius 1 is 0.903 bits per heavy atom. The van der Waals surface area contributed by atoms with Crippen LogP contribution < -0.4 is 9.47 Å². The number of hydrogen-bond acceptors (Lipinski definition) is 6. The molecule has 0 aliphatic carbocycles. The molecule has 0 spiro atoms. The predicted molar refractivity (Wildman–Crippen MR) is 119 cm³/mol. The number of sulfone groups is 1. The highest BCUT2D eigenvalue weighted by atomic mass is 35.5. The molecular weight excluding hydrogens is 440 g/mol. The smallest absolute Gasteiger partial charge is 0.341 e. The summed E-state index contributed by atoms with van der Waals surface area (Å²) in [6.07, 6.45) is 0. The van der Waals surface area contributed by atoms with Crippen molar-refractivity contribution < 1.29 is 27.4 Å². The van der Waals surface area contributed by atoms with Crippen LogP contribution in [-0.2, 0) is 20.3 Å². The molecule has 3 aromatic rings. The molecule has 0 aliphatic heterocycles. The van der Waals surface area contributed by atoms with E-state index in [0.717, 1.165) is 11.1 Å². The molecule has 0 saturated heterocycles. The van der Waals surface area contributed by atoms with E-state index in [1.807, 2.05) is 36.4 Å². The molecule has 0 fully saturated rings. The van der Waals surface area contributed by atoms with Gasteiger partial charge in [0.05, 0.1) is 27.1 Å². The zero-order valence-corrected chi connectivity index (χ0v) is 18.8. The lowest BCUT2D eigenvalue weighted by molar-refractivity contribution is 0.0596. The number of hydrogen-bond donors (Lipinski definition) is 0. The maximum Gasteiger partial charge on any atom is 0.341 e. The number of esters is 1. The van der Waals surface area contributed by atoms with E-state index in [4.69, 9.17) is 25.8 Å². The summed E-state index contributed by atoms with van der Waals surface area (Å²) in [5, 5.41) is 0.0739. The van der Waals surface area contributed by atoms with Crippen LogP contribution in [0.15, 0.2) is 65.6 Å². The van der Waals surface area contributed by atoms with Crippen molar-refractivity contribution in [1.29, 1.82) is 0 Å². The van der Waals surface area contributed by atoms with Gasteiger partial charge in [-0.3, -0.25) is 0 Å². The van der Waals surface area contributed by atoms with E-state index in [-0.39, 0.29) is 27.0 Å². The van der Waals surface area contributed by atoms with Gasteiger partial charge < -0.3 is 14.2 Å². The average Bonchev–Trinajstić information content (AvgIpc) is 2.78. The summed E-state index contributed by atoms with van der Waals surface area (Å²) in [6.45, 7) is 0. The summed E-state index contributed by atoms with van der Waals surface area (Å²) in [4.78, 5) is 11.9. The van der Waals surface area contributed by atoms with Crippen LogP contribution in [0.25, 0.3) is 11.1 Å². The molecule has 0 bridgehead atoms. The van der Waals surface area contributed by atoms with Gasteiger partial charge in [-0.05, 0) is 35.4 Å². The predicted octanol–water partition coefficient (Wildman–Crippen LogP) is 4.78. The van der Waals surface area contributed by atoms with E-state index in [9.17, 15) is 13.2 Å². The van der Waals surface area contributed by atoms with Crippen molar-refractivity contribution in [2.75, 3.05) is 21.3 Å². The molecular formula is C23H21ClO6S. The molecule has 0 aromatic heterocycles. The number of benzene rings is 3. The standard InChI is InChI=1S/C23H21ClO6S/c1-28-20-10-9-16(15-7-5-4-6-8-15)11-17(20)14-31(26,27)21-13-18(24)12-19(22(21)29-2)23(25)30-3/h4-13H,14H2,1-3H3. The molecule has 0 N–H and O–H groups in total. The highest BCUT2D eigenvalue weighted by Crippen LogP contribution is 2.36. The Labute approximate surface area is 186 Å². The van der Waals surface area contributed by atoms with E-state index in [2.05, 4.69) is 0 Å². The maximum atomic E-state index is 13.4. The summed E-state index contributed by atoms with van der Waals surface area (Å²) in [5.74, 6) is -0.819. The van der Waals surface area contributed by atoms with Crippen LogP contribution in [0, 0.1) is 0 Å². The van der Waals surface area contributed by atoms with Crippen molar-refractivity contribution in [2.45, 2.75) is 10.6 Å². The first kappa shape index (κ1) is 22.7. The minimum Gasteiger partial charge on any atom is -0.496 e. The summed E-state index contributed by atoms with van der Waals surface area (Å²) in [6, 6.07) is 17.5. The second kappa shape index (κ2) is 9.41. The molecule has 3 aromatic carbocycles. The first-order valence-electron chi connectivity index (χ1n) is 9.21. The fraction of sp³-hybridized carbons (Fsp3) is 0.174. The number of halogens is 1. The maximum absolute atomic E-state index is 13.4.